The molecule has 0 aromatic rings. The number of nitrogens with two attached hydrogens (primary N) is 1. The fraction of sp³-hybridized carbons (Fsp3) is 0.600. The first-order valence-corrected chi connectivity index (χ1v) is 6.30. The van der Waals surface area contributed by atoms with E-state index in [2.05, 4.69) is 0 Å². The van der Waals surface area contributed by atoms with Crippen LogP contribution in [0.2, 0.25) is 0 Å². The summed E-state index contributed by atoms with van der Waals surface area (Å²) < 4.78 is 4.81. The minimum atomic E-state index is -0.530. The second-order valence-corrected chi connectivity index (χ2v) is 4.09. The lowest BCUT2D eigenvalue weighted by molar-refractivity contribution is -0.137. The van der Waals surface area contributed by atoms with E-state index >= 15 is 0 Å². The predicted molar refractivity (Wildman–Crippen MR) is 65.6 cm³/mol. The van der Waals surface area contributed by atoms with Crippen molar-refractivity contribution in [2.45, 2.75) is 26.2 Å². The first-order valence-electron chi connectivity index (χ1n) is 4.95. The van der Waals surface area contributed by atoms with Gasteiger partial charge in [0, 0.05) is 11.6 Å². The maximum atomic E-state index is 11.4. The van der Waals surface area contributed by atoms with E-state index in [0.717, 1.165) is 24.6 Å². The van der Waals surface area contributed by atoms with Crippen molar-refractivity contribution in [3.05, 3.63) is 10.6 Å². The van der Waals surface area contributed by atoms with Gasteiger partial charge in [-0.3, -0.25) is 0 Å². The topological polar surface area (TPSA) is 76.1 Å². The molecule has 0 bridgehead atoms. The van der Waals surface area contributed by atoms with E-state index in [-0.39, 0.29) is 11.5 Å². The maximum Gasteiger partial charge on any atom is 0.347 e. The second-order valence-electron chi connectivity index (χ2n) is 2.91. The lowest BCUT2D eigenvalue weighted by atomic mass is 10.2. The number of allylic oxidation sites excluding steroid dienone is 1. The summed E-state index contributed by atoms with van der Waals surface area (Å²) in [4.78, 5) is 11.6. The van der Waals surface area contributed by atoms with E-state index in [9.17, 15) is 4.79 Å². The number of nitriles is 1. The number of rotatable bonds is 7. The number of unbranched alkanes of at least 4 members (excludes halogenated alkanes) is 1. The van der Waals surface area contributed by atoms with Crippen molar-refractivity contribution in [1.29, 1.82) is 5.26 Å². The average molecular weight is 263 g/mol. The quantitative estimate of drug-likeness (QED) is 0.251. The highest BCUT2D eigenvalue weighted by Gasteiger charge is 2.15. The molecular formula is C10H15ClN2O2S. The number of thiocyanates is 1. The number of ether oxygens (including phenoxy) is 1. The fourth-order valence-electron chi connectivity index (χ4n) is 1.00. The Balaban J connectivity index is 4.52. The van der Waals surface area contributed by atoms with Crippen molar-refractivity contribution in [2.24, 2.45) is 5.73 Å². The van der Waals surface area contributed by atoms with E-state index in [0.29, 0.717) is 18.0 Å². The van der Waals surface area contributed by atoms with E-state index in [1.165, 1.54) is 0 Å². The normalized spacial score (nSPS) is 11.6. The van der Waals surface area contributed by atoms with Gasteiger partial charge in [-0.15, -0.1) is 11.6 Å². The first kappa shape index (κ1) is 15.1. The van der Waals surface area contributed by atoms with E-state index < -0.39 is 5.97 Å². The zero-order valence-corrected chi connectivity index (χ0v) is 10.7. The molecule has 16 heavy (non-hydrogen) atoms. The van der Waals surface area contributed by atoms with Gasteiger partial charge in [-0.25, -0.2) is 4.79 Å². The van der Waals surface area contributed by atoms with E-state index in [1.54, 1.807) is 6.92 Å². The van der Waals surface area contributed by atoms with Gasteiger partial charge >= 0.3 is 5.97 Å². The summed E-state index contributed by atoms with van der Waals surface area (Å²) in [5.74, 6) is 0.0327. The summed E-state index contributed by atoms with van der Waals surface area (Å²) in [5.41, 5.74) is 6.14. The Morgan fingerprint density at radius 3 is 2.75 bits per heavy atom. The van der Waals surface area contributed by atoms with Crippen LogP contribution in [-0.2, 0) is 9.53 Å². The number of hydrogen-bond acceptors (Lipinski definition) is 5. The predicted octanol–water partition coefficient (Wildman–Crippen LogP) is 2.34. The summed E-state index contributed by atoms with van der Waals surface area (Å²) in [6.45, 7) is 1.97. The van der Waals surface area contributed by atoms with Crippen molar-refractivity contribution in [3.8, 4) is 5.40 Å². The molecule has 0 aliphatic carbocycles. The van der Waals surface area contributed by atoms with Crippen molar-refractivity contribution in [1.82, 2.24) is 0 Å². The molecule has 0 fully saturated rings. The van der Waals surface area contributed by atoms with Crippen LogP contribution in [-0.4, -0.2) is 18.5 Å². The fourth-order valence-corrected chi connectivity index (χ4v) is 1.66. The Hall–Kier alpha value is -0.860. The third-order valence-corrected chi connectivity index (χ3v) is 2.72. The Labute approximate surface area is 105 Å². The van der Waals surface area contributed by atoms with Crippen molar-refractivity contribution < 1.29 is 9.53 Å². The van der Waals surface area contributed by atoms with Gasteiger partial charge in [0.1, 0.15) is 10.3 Å². The number of halogens is 1. The number of carbonyl (C=O) groups excluding carboxylic acids is 1. The van der Waals surface area contributed by atoms with Crippen LogP contribution in [0.25, 0.3) is 0 Å². The summed E-state index contributed by atoms with van der Waals surface area (Å²) in [7, 11) is 0. The minimum Gasteiger partial charge on any atom is -0.462 e. The van der Waals surface area contributed by atoms with Crippen LogP contribution in [0.5, 0.6) is 0 Å². The molecule has 0 heterocycles. The highest BCUT2D eigenvalue weighted by molar-refractivity contribution is 8.08. The van der Waals surface area contributed by atoms with E-state index in [4.69, 9.17) is 27.3 Å². The monoisotopic (exact) mass is 262 g/mol. The van der Waals surface area contributed by atoms with Crippen LogP contribution < -0.4 is 5.73 Å². The molecule has 6 heteroatoms. The molecule has 0 radical (unpaired) electrons. The Kier molecular flexibility index (Phi) is 8.87. The number of carbonyl (C=O) groups is 1. The average Bonchev–Trinajstić information content (AvgIpc) is 2.26. The molecular weight excluding hydrogens is 248 g/mol. The second kappa shape index (κ2) is 9.37. The van der Waals surface area contributed by atoms with Gasteiger partial charge in [-0.2, -0.15) is 5.26 Å². The molecule has 0 aliphatic rings. The molecule has 0 saturated heterocycles. The van der Waals surface area contributed by atoms with Crippen LogP contribution in [0.4, 0.5) is 0 Å². The number of alkyl halides is 1. The van der Waals surface area contributed by atoms with Crippen LogP contribution in [0.15, 0.2) is 10.6 Å². The molecule has 0 saturated carbocycles. The van der Waals surface area contributed by atoms with E-state index in [1.807, 2.05) is 5.40 Å². The summed E-state index contributed by atoms with van der Waals surface area (Å²) in [5, 5.41) is 10.4. The summed E-state index contributed by atoms with van der Waals surface area (Å²) in [6, 6.07) is 0. The molecule has 0 unspecified atom stereocenters. The molecule has 0 atom stereocenters. The Bertz CT molecular complexity index is 300. The number of thioether (sulfide) groups is 1. The lowest BCUT2D eigenvalue weighted by Gasteiger charge is -2.07. The lowest BCUT2D eigenvalue weighted by Crippen LogP contribution is -2.12. The van der Waals surface area contributed by atoms with Gasteiger partial charge in [0.25, 0.3) is 0 Å². The Morgan fingerprint density at radius 2 is 2.25 bits per heavy atom. The number of esters is 1. The first-order chi connectivity index (χ1) is 7.67. The van der Waals surface area contributed by atoms with Gasteiger partial charge in [0.15, 0.2) is 0 Å². The molecule has 90 valence electrons. The third kappa shape index (κ3) is 5.89. The van der Waals surface area contributed by atoms with Crippen LogP contribution in [0.1, 0.15) is 26.2 Å². The molecule has 0 spiro atoms. The van der Waals surface area contributed by atoms with Gasteiger partial charge in [0.05, 0.1) is 6.61 Å². The zero-order valence-electron chi connectivity index (χ0n) is 9.16. The molecule has 0 amide bonds. The van der Waals surface area contributed by atoms with Crippen LogP contribution >= 0.6 is 23.4 Å². The van der Waals surface area contributed by atoms with Gasteiger partial charge in [-0.1, -0.05) is 0 Å². The maximum absolute atomic E-state index is 11.4. The SMILES string of the molecule is CCOC(=O)C(SC#N)=C(N)CCCCCl. The molecule has 0 aromatic heterocycles. The van der Waals surface area contributed by atoms with Gasteiger partial charge in [0.2, 0.25) is 0 Å². The number of hydrogen-bond donors (Lipinski definition) is 1. The number of nitrogens with zero attached hydrogens (tertiary/aromatic N) is 1. The summed E-state index contributed by atoms with van der Waals surface area (Å²) >= 11 is 6.28. The van der Waals surface area contributed by atoms with Crippen LogP contribution in [0, 0.1) is 10.7 Å². The largest absolute Gasteiger partial charge is 0.462 e. The smallest absolute Gasteiger partial charge is 0.347 e. The standard InChI is InChI=1S/C10H15ClN2O2S/c1-2-15-10(14)9(16-7-12)8(13)5-3-4-6-11/h2-6,13H2,1H3. The van der Waals surface area contributed by atoms with Crippen molar-refractivity contribution >= 4 is 29.3 Å². The summed E-state index contributed by atoms with van der Waals surface area (Å²) in [6.07, 6.45) is 2.18. The van der Waals surface area contributed by atoms with Crippen molar-refractivity contribution in [2.75, 3.05) is 12.5 Å². The van der Waals surface area contributed by atoms with Gasteiger partial charge in [-0.05, 0) is 37.9 Å². The molecule has 0 aliphatic heterocycles. The van der Waals surface area contributed by atoms with Crippen molar-refractivity contribution in [3.63, 3.8) is 0 Å². The Morgan fingerprint density at radius 1 is 1.56 bits per heavy atom. The minimum absolute atomic E-state index is 0.193. The van der Waals surface area contributed by atoms with Crippen LogP contribution in [0.3, 0.4) is 0 Å². The zero-order chi connectivity index (χ0) is 12.4. The third-order valence-electron chi connectivity index (χ3n) is 1.73. The molecule has 4 nitrogen and oxygen atoms in total. The highest BCUT2D eigenvalue weighted by atomic mass is 35.5. The molecule has 0 aromatic carbocycles. The molecule has 2 N–H and O–H groups in total. The van der Waals surface area contributed by atoms with Gasteiger partial charge < -0.3 is 10.5 Å². The molecule has 0 rings (SSSR count). The highest BCUT2D eigenvalue weighted by Crippen LogP contribution is 2.21.